The zero-order valence-corrected chi connectivity index (χ0v) is 11.7. The molecule has 0 amide bonds. The summed E-state index contributed by atoms with van der Waals surface area (Å²) in [6.45, 7) is 1.95. The molecule has 0 bridgehead atoms. The van der Waals surface area contributed by atoms with Gasteiger partial charge in [-0.3, -0.25) is 0 Å². The third kappa shape index (κ3) is 4.95. The lowest BCUT2D eigenvalue weighted by Gasteiger charge is -2.23. The maximum absolute atomic E-state index is 13.2. The van der Waals surface area contributed by atoms with Crippen molar-refractivity contribution in [2.45, 2.75) is 51.1 Å². The van der Waals surface area contributed by atoms with Crippen molar-refractivity contribution in [3.63, 3.8) is 0 Å². The van der Waals surface area contributed by atoms with Crippen molar-refractivity contribution in [1.29, 1.82) is 0 Å². The molecule has 118 valence electrons. The van der Waals surface area contributed by atoms with Crippen molar-refractivity contribution in [3.05, 3.63) is 29.3 Å². The number of halogens is 3. The Balaban J connectivity index is 3.08. The van der Waals surface area contributed by atoms with Gasteiger partial charge in [-0.1, -0.05) is 44.7 Å². The van der Waals surface area contributed by atoms with E-state index in [0.29, 0.717) is 12.8 Å². The summed E-state index contributed by atoms with van der Waals surface area (Å²) in [5.74, 6) is -3.97. The van der Waals surface area contributed by atoms with Crippen LogP contribution in [0.3, 0.4) is 0 Å². The van der Waals surface area contributed by atoms with Gasteiger partial charge < -0.3 is 10.2 Å². The molecule has 0 saturated carbocycles. The highest BCUT2D eigenvalue weighted by molar-refractivity contribution is 5.89. The second kappa shape index (κ2) is 7.33. The summed E-state index contributed by atoms with van der Waals surface area (Å²) >= 11 is 0. The zero-order chi connectivity index (χ0) is 16.0. The van der Waals surface area contributed by atoms with E-state index < -0.39 is 34.9 Å². The van der Waals surface area contributed by atoms with Crippen LogP contribution in [-0.4, -0.2) is 17.3 Å². The summed E-state index contributed by atoms with van der Waals surface area (Å²) in [7, 11) is 0. The molecule has 0 heterocycles. The summed E-state index contributed by atoms with van der Waals surface area (Å²) < 4.78 is 39.6. The molecule has 0 radical (unpaired) electrons. The van der Waals surface area contributed by atoms with Crippen molar-refractivity contribution in [1.82, 2.24) is 0 Å². The molecule has 3 nitrogen and oxygen atoms in total. The molecule has 0 spiro atoms. The van der Waals surface area contributed by atoms with E-state index in [4.69, 9.17) is 5.11 Å². The van der Waals surface area contributed by atoms with Crippen LogP contribution >= 0.6 is 0 Å². The van der Waals surface area contributed by atoms with E-state index in [9.17, 15) is 23.1 Å². The molecule has 0 aliphatic rings. The second-order valence-corrected chi connectivity index (χ2v) is 5.00. The van der Waals surface area contributed by atoms with Crippen molar-refractivity contribution >= 4 is 5.97 Å². The molecule has 0 aliphatic heterocycles. The quantitative estimate of drug-likeness (QED) is 0.772. The fraction of sp³-hybridized carbons (Fsp3) is 0.533. The monoisotopic (exact) mass is 303 g/mol. The Morgan fingerprint density at radius 2 is 1.95 bits per heavy atom. The van der Waals surface area contributed by atoms with Gasteiger partial charge in [0, 0.05) is 0 Å². The summed E-state index contributed by atoms with van der Waals surface area (Å²) in [6.07, 6.45) is -2.04. The first-order valence-electron chi connectivity index (χ1n) is 6.88. The Bertz CT molecular complexity index is 484. The van der Waals surface area contributed by atoms with Crippen LogP contribution in [0.15, 0.2) is 18.2 Å². The molecule has 21 heavy (non-hydrogen) atoms. The van der Waals surface area contributed by atoms with Gasteiger partial charge in [0.05, 0.1) is 11.5 Å². The van der Waals surface area contributed by atoms with Gasteiger partial charge in [-0.15, -0.1) is 5.75 Å². The highest BCUT2D eigenvalue weighted by atomic mass is 19.4. The largest absolute Gasteiger partial charge is 0.872 e. The Hall–Kier alpha value is -1.72. The minimum absolute atomic E-state index is 0.201. The first-order valence-corrected chi connectivity index (χ1v) is 6.88. The van der Waals surface area contributed by atoms with Crippen LogP contribution in [0.5, 0.6) is 5.75 Å². The Morgan fingerprint density at radius 1 is 1.29 bits per heavy atom. The van der Waals surface area contributed by atoms with Crippen LogP contribution < -0.4 is 5.11 Å². The maximum atomic E-state index is 13.2. The molecule has 1 unspecified atom stereocenters. The number of aromatic carboxylic acids is 1. The number of carbonyl (C=O) groups is 1. The van der Waals surface area contributed by atoms with Crippen molar-refractivity contribution in [2.75, 3.05) is 0 Å². The number of rotatable bonds is 7. The molecular formula is C15H18F3O3-. The minimum Gasteiger partial charge on any atom is -0.872 e. The van der Waals surface area contributed by atoms with Crippen LogP contribution in [0.1, 0.15) is 60.9 Å². The maximum Gasteiger partial charge on any atom is 0.395 e. The summed E-state index contributed by atoms with van der Waals surface area (Å²) in [4.78, 5) is 11.1. The van der Waals surface area contributed by atoms with Gasteiger partial charge in [0.25, 0.3) is 0 Å². The topological polar surface area (TPSA) is 60.4 Å². The Labute approximate surface area is 121 Å². The summed E-state index contributed by atoms with van der Waals surface area (Å²) in [6, 6.07) is 2.71. The average Bonchev–Trinajstić information content (AvgIpc) is 2.36. The molecule has 1 rings (SSSR count). The van der Waals surface area contributed by atoms with Gasteiger partial charge in [0.1, 0.15) is 0 Å². The lowest BCUT2D eigenvalue weighted by molar-refractivity contribution is -0.268. The molecule has 6 heteroatoms. The fourth-order valence-corrected chi connectivity index (χ4v) is 2.29. The number of hydrogen-bond acceptors (Lipinski definition) is 2. The SMILES string of the molecule is CCCCCCC(c1cc([O-])ccc1C(=O)O)C(F)(F)F. The second-order valence-electron chi connectivity index (χ2n) is 5.00. The van der Waals surface area contributed by atoms with Crippen LogP contribution in [-0.2, 0) is 0 Å². The molecular weight excluding hydrogens is 285 g/mol. The molecule has 0 aliphatic carbocycles. The number of alkyl halides is 3. The van der Waals surface area contributed by atoms with Gasteiger partial charge in [-0.2, -0.15) is 13.2 Å². The molecule has 0 saturated heterocycles. The van der Waals surface area contributed by atoms with Crippen LogP contribution in [0.25, 0.3) is 0 Å². The minimum atomic E-state index is -4.57. The van der Waals surface area contributed by atoms with Gasteiger partial charge in [-0.05, 0) is 18.1 Å². The van der Waals surface area contributed by atoms with Crippen molar-refractivity contribution in [2.24, 2.45) is 0 Å². The molecule has 1 atom stereocenters. The highest BCUT2D eigenvalue weighted by Crippen LogP contribution is 2.40. The highest BCUT2D eigenvalue weighted by Gasteiger charge is 2.41. The summed E-state index contributed by atoms with van der Waals surface area (Å²) in [5.41, 5.74) is -0.883. The smallest absolute Gasteiger partial charge is 0.395 e. The van der Waals surface area contributed by atoms with E-state index in [2.05, 4.69) is 0 Å². The molecule has 1 aromatic rings. The third-order valence-corrected chi connectivity index (χ3v) is 3.37. The Morgan fingerprint density at radius 3 is 2.48 bits per heavy atom. The number of carboxylic acids is 1. The molecule has 1 N–H and O–H groups in total. The predicted octanol–water partition coefficient (Wildman–Crippen LogP) is 4.07. The van der Waals surface area contributed by atoms with Crippen molar-refractivity contribution in [3.8, 4) is 5.75 Å². The van der Waals surface area contributed by atoms with Gasteiger partial charge in [0.15, 0.2) is 0 Å². The molecule has 0 aromatic heterocycles. The first-order chi connectivity index (χ1) is 9.77. The summed E-state index contributed by atoms with van der Waals surface area (Å²) in [5, 5.41) is 20.3. The molecule has 1 aromatic carbocycles. The first kappa shape index (κ1) is 17.3. The van der Waals surface area contributed by atoms with E-state index in [1.165, 1.54) is 0 Å². The lowest BCUT2D eigenvalue weighted by atomic mass is 9.88. The van der Waals surface area contributed by atoms with Gasteiger partial charge in [-0.25, -0.2) is 4.79 Å². The standard InChI is InChI=1S/C15H19F3O3/c1-2-3-4-5-6-13(15(16,17)18)12-9-10(19)7-8-11(12)14(20)21/h7-9,13,19H,2-6H2,1H3,(H,20,21)/p-1. The van der Waals surface area contributed by atoms with Gasteiger partial charge in [0.2, 0.25) is 0 Å². The number of hydrogen-bond donors (Lipinski definition) is 1. The lowest BCUT2D eigenvalue weighted by Crippen LogP contribution is -2.23. The van der Waals surface area contributed by atoms with Crippen LogP contribution in [0, 0.1) is 0 Å². The predicted molar refractivity (Wildman–Crippen MR) is 70.4 cm³/mol. The van der Waals surface area contributed by atoms with Gasteiger partial charge >= 0.3 is 12.1 Å². The van der Waals surface area contributed by atoms with E-state index in [1.807, 2.05) is 6.92 Å². The van der Waals surface area contributed by atoms with E-state index >= 15 is 0 Å². The molecule has 0 fully saturated rings. The fourth-order valence-electron chi connectivity index (χ4n) is 2.29. The number of unbranched alkanes of at least 4 members (excludes halogenated alkanes) is 3. The number of benzene rings is 1. The van der Waals surface area contributed by atoms with Crippen molar-refractivity contribution < 1.29 is 28.2 Å². The van der Waals surface area contributed by atoms with E-state index in [-0.39, 0.29) is 6.42 Å². The zero-order valence-electron chi connectivity index (χ0n) is 11.7. The van der Waals surface area contributed by atoms with E-state index in [0.717, 1.165) is 31.0 Å². The van der Waals surface area contributed by atoms with Crippen LogP contribution in [0.2, 0.25) is 0 Å². The normalized spacial score (nSPS) is 13.1. The Kier molecular flexibility index (Phi) is 6.05. The van der Waals surface area contributed by atoms with E-state index in [1.54, 1.807) is 0 Å². The number of carboxylic acid groups (broad SMARTS) is 1. The average molecular weight is 303 g/mol. The third-order valence-electron chi connectivity index (χ3n) is 3.37. The van der Waals surface area contributed by atoms with Crippen LogP contribution in [0.4, 0.5) is 13.2 Å².